The summed E-state index contributed by atoms with van der Waals surface area (Å²) in [5.74, 6) is -0.919. The van der Waals surface area contributed by atoms with E-state index < -0.39 is 17.7 Å². The third-order valence-electron chi connectivity index (χ3n) is 5.28. The quantitative estimate of drug-likeness (QED) is 0.862. The first-order valence-corrected chi connectivity index (χ1v) is 9.57. The normalized spacial score (nSPS) is 23.8. The van der Waals surface area contributed by atoms with Crippen molar-refractivity contribution in [3.8, 4) is 0 Å². The molecule has 4 rings (SSSR count). The number of fused-ring (bicyclic) bond motifs is 1. The number of nitrogens with zero attached hydrogens (tertiary/aromatic N) is 2. The predicted molar refractivity (Wildman–Crippen MR) is 94.0 cm³/mol. The molecule has 2 fully saturated rings. The number of carboxylic acids is 1. The fourth-order valence-corrected chi connectivity index (χ4v) is 5.18. The summed E-state index contributed by atoms with van der Waals surface area (Å²) < 4.78 is 5.49. The van der Waals surface area contributed by atoms with Gasteiger partial charge in [-0.3, -0.25) is 14.5 Å². The maximum Gasteiger partial charge on any atom is 0.411 e. The Balaban J connectivity index is 1.35. The molecule has 3 heterocycles. The fraction of sp³-hybridized carbons (Fsp3) is 0.500. The highest BCUT2D eigenvalue weighted by molar-refractivity contribution is 8.01. The largest absolute Gasteiger partial charge is 0.480 e. The lowest BCUT2D eigenvalue weighted by molar-refractivity contribution is -0.137. The molecule has 0 bridgehead atoms. The van der Waals surface area contributed by atoms with Gasteiger partial charge in [0.05, 0.1) is 11.8 Å². The van der Waals surface area contributed by atoms with Crippen molar-refractivity contribution >= 4 is 29.7 Å². The number of carbonyl (C=O) groups is 3. The third kappa shape index (κ3) is 3.13. The number of aliphatic carboxylic acids is 1. The highest BCUT2D eigenvalue weighted by atomic mass is 32.2. The van der Waals surface area contributed by atoms with Crippen LogP contribution in [0.1, 0.15) is 18.4 Å². The molecule has 26 heavy (non-hydrogen) atoms. The van der Waals surface area contributed by atoms with Crippen molar-refractivity contribution < 1.29 is 24.2 Å². The third-order valence-corrected chi connectivity index (χ3v) is 6.58. The fourth-order valence-electron chi connectivity index (χ4n) is 3.90. The molecule has 0 aromatic heterocycles. The first-order valence-electron chi connectivity index (χ1n) is 8.69. The van der Waals surface area contributed by atoms with E-state index in [0.717, 1.165) is 6.42 Å². The van der Waals surface area contributed by atoms with Crippen LogP contribution in [0.2, 0.25) is 0 Å². The molecule has 0 unspecified atom stereocenters. The van der Waals surface area contributed by atoms with Crippen LogP contribution >= 0.6 is 11.8 Å². The Hall–Kier alpha value is -2.22. The van der Waals surface area contributed by atoms with Crippen molar-refractivity contribution in [2.45, 2.75) is 35.0 Å². The second-order valence-corrected chi connectivity index (χ2v) is 8.29. The molecule has 2 saturated heterocycles. The van der Waals surface area contributed by atoms with Crippen molar-refractivity contribution in [3.05, 3.63) is 29.8 Å². The zero-order valence-corrected chi connectivity index (χ0v) is 15.0. The SMILES string of the molecule is O=C(O)CN1CC2(CCN(C(=O)[C@H]3Cc4ccccc4S3)CC2)OC1=O. The molecule has 0 radical (unpaired) electrons. The molecule has 1 aromatic rings. The molecule has 7 nitrogen and oxygen atoms in total. The molecule has 1 spiro atoms. The topological polar surface area (TPSA) is 87.2 Å². The second kappa shape index (κ2) is 6.50. The Morgan fingerprint density at radius 2 is 2.00 bits per heavy atom. The van der Waals surface area contributed by atoms with Crippen LogP contribution in [-0.4, -0.2) is 69.9 Å². The number of piperidine rings is 1. The van der Waals surface area contributed by atoms with Gasteiger partial charge in [0.25, 0.3) is 0 Å². The number of benzene rings is 1. The van der Waals surface area contributed by atoms with E-state index in [-0.39, 0.29) is 24.2 Å². The number of hydrogen-bond donors (Lipinski definition) is 1. The van der Waals surface area contributed by atoms with Gasteiger partial charge in [-0.05, 0) is 18.1 Å². The predicted octanol–water partition coefficient (Wildman–Crippen LogP) is 1.60. The maximum atomic E-state index is 12.9. The number of thioether (sulfide) groups is 1. The van der Waals surface area contributed by atoms with Gasteiger partial charge in [-0.25, -0.2) is 4.79 Å². The Bertz CT molecular complexity index is 735. The van der Waals surface area contributed by atoms with Crippen LogP contribution in [0.4, 0.5) is 4.79 Å². The molecule has 3 aliphatic heterocycles. The van der Waals surface area contributed by atoms with Crippen LogP contribution in [0.25, 0.3) is 0 Å². The van der Waals surface area contributed by atoms with E-state index in [9.17, 15) is 14.4 Å². The summed E-state index contributed by atoms with van der Waals surface area (Å²) in [6.07, 6.45) is 1.27. The van der Waals surface area contributed by atoms with Crippen LogP contribution in [0.15, 0.2) is 29.2 Å². The highest BCUT2D eigenvalue weighted by Crippen LogP contribution is 2.39. The van der Waals surface area contributed by atoms with Gasteiger partial charge in [0, 0.05) is 30.8 Å². The van der Waals surface area contributed by atoms with E-state index in [0.29, 0.717) is 25.9 Å². The number of likely N-dealkylation sites (tertiary alicyclic amines) is 1. The van der Waals surface area contributed by atoms with Crippen molar-refractivity contribution in [1.29, 1.82) is 0 Å². The van der Waals surface area contributed by atoms with Gasteiger partial charge in [0.1, 0.15) is 12.1 Å². The van der Waals surface area contributed by atoms with Crippen LogP contribution in [-0.2, 0) is 20.7 Å². The number of carboxylic acid groups (broad SMARTS) is 1. The number of ether oxygens (including phenoxy) is 1. The Labute approximate surface area is 155 Å². The molecule has 1 atom stereocenters. The summed E-state index contributed by atoms with van der Waals surface area (Å²) in [6, 6.07) is 8.10. The summed E-state index contributed by atoms with van der Waals surface area (Å²) in [5.41, 5.74) is 0.563. The molecular weight excluding hydrogens is 356 g/mol. The zero-order chi connectivity index (χ0) is 18.3. The number of hydrogen-bond acceptors (Lipinski definition) is 5. The number of carbonyl (C=O) groups excluding carboxylic acids is 2. The lowest BCUT2D eigenvalue weighted by Crippen LogP contribution is -2.50. The van der Waals surface area contributed by atoms with Crippen LogP contribution in [0, 0.1) is 0 Å². The van der Waals surface area contributed by atoms with Gasteiger partial charge in [0.2, 0.25) is 5.91 Å². The van der Waals surface area contributed by atoms with E-state index >= 15 is 0 Å². The van der Waals surface area contributed by atoms with E-state index in [2.05, 4.69) is 6.07 Å². The standard InChI is InChI=1S/C18H20N2O5S/c21-15(22)10-20-11-18(25-17(20)24)5-7-19(8-6-18)16(23)14-9-12-3-1-2-4-13(12)26-14/h1-4,14H,5-11H2,(H,21,22)/t14-/m1/s1. The monoisotopic (exact) mass is 376 g/mol. The van der Waals surface area contributed by atoms with Gasteiger partial charge >= 0.3 is 12.1 Å². The molecule has 0 aliphatic carbocycles. The summed E-state index contributed by atoms with van der Waals surface area (Å²) in [7, 11) is 0. The minimum atomic E-state index is -1.05. The lowest BCUT2D eigenvalue weighted by atomic mass is 9.91. The Morgan fingerprint density at radius 1 is 1.27 bits per heavy atom. The van der Waals surface area contributed by atoms with Crippen LogP contribution < -0.4 is 0 Å². The van der Waals surface area contributed by atoms with Crippen molar-refractivity contribution in [2.24, 2.45) is 0 Å². The van der Waals surface area contributed by atoms with Gasteiger partial charge in [-0.2, -0.15) is 0 Å². The average Bonchev–Trinajstić information content (AvgIpc) is 3.16. The van der Waals surface area contributed by atoms with Crippen molar-refractivity contribution in [2.75, 3.05) is 26.2 Å². The molecule has 1 aromatic carbocycles. The smallest absolute Gasteiger partial charge is 0.411 e. The van der Waals surface area contributed by atoms with E-state index in [1.807, 2.05) is 23.1 Å². The van der Waals surface area contributed by atoms with Gasteiger partial charge in [0.15, 0.2) is 0 Å². The summed E-state index contributed by atoms with van der Waals surface area (Å²) >= 11 is 1.62. The zero-order valence-electron chi connectivity index (χ0n) is 14.2. The molecular formula is C18H20N2O5S. The average molecular weight is 376 g/mol. The molecule has 138 valence electrons. The molecule has 0 saturated carbocycles. The Morgan fingerprint density at radius 3 is 2.69 bits per heavy atom. The molecule has 2 amide bonds. The number of rotatable bonds is 3. The van der Waals surface area contributed by atoms with Crippen LogP contribution in [0.3, 0.4) is 0 Å². The first kappa shape index (κ1) is 17.2. The van der Waals surface area contributed by atoms with E-state index in [1.165, 1.54) is 15.4 Å². The number of amides is 2. The summed E-state index contributed by atoms with van der Waals surface area (Å²) in [6.45, 7) is 0.991. The first-order chi connectivity index (χ1) is 12.5. The van der Waals surface area contributed by atoms with Crippen molar-refractivity contribution in [1.82, 2.24) is 9.80 Å². The van der Waals surface area contributed by atoms with Gasteiger partial charge in [-0.15, -0.1) is 11.8 Å². The minimum Gasteiger partial charge on any atom is -0.480 e. The molecule has 3 aliphatic rings. The Kier molecular flexibility index (Phi) is 4.30. The molecule has 1 N–H and O–H groups in total. The van der Waals surface area contributed by atoms with Gasteiger partial charge in [-0.1, -0.05) is 18.2 Å². The van der Waals surface area contributed by atoms with E-state index in [1.54, 1.807) is 11.8 Å². The summed E-state index contributed by atoms with van der Waals surface area (Å²) in [5, 5.41) is 8.80. The molecule has 8 heteroatoms. The maximum absolute atomic E-state index is 12.9. The van der Waals surface area contributed by atoms with Gasteiger partial charge < -0.3 is 14.7 Å². The second-order valence-electron chi connectivity index (χ2n) is 7.04. The van der Waals surface area contributed by atoms with E-state index in [4.69, 9.17) is 9.84 Å². The lowest BCUT2D eigenvalue weighted by Gasteiger charge is -2.38. The summed E-state index contributed by atoms with van der Waals surface area (Å²) in [4.78, 5) is 39.8. The minimum absolute atomic E-state index is 0.0870. The highest BCUT2D eigenvalue weighted by Gasteiger charge is 2.48. The van der Waals surface area contributed by atoms with Crippen LogP contribution in [0.5, 0.6) is 0 Å². The van der Waals surface area contributed by atoms with Crippen molar-refractivity contribution in [3.63, 3.8) is 0 Å².